The van der Waals surface area contributed by atoms with E-state index >= 15 is 0 Å². The van der Waals surface area contributed by atoms with E-state index in [0.29, 0.717) is 12.6 Å². The zero-order valence-electron chi connectivity index (χ0n) is 11.0. The van der Waals surface area contributed by atoms with Gasteiger partial charge in [0, 0.05) is 11.9 Å². The first-order valence-corrected chi connectivity index (χ1v) is 8.03. The van der Waals surface area contributed by atoms with E-state index < -0.39 is 17.9 Å². The lowest BCUT2D eigenvalue weighted by atomic mass is 9.79. The number of hydrogen-bond donors (Lipinski definition) is 2. The van der Waals surface area contributed by atoms with E-state index in [1.165, 1.54) is 12.5 Å². The minimum atomic E-state index is -1.29. The van der Waals surface area contributed by atoms with Gasteiger partial charge in [-0.05, 0) is 23.2 Å². The van der Waals surface area contributed by atoms with Crippen LogP contribution in [-0.4, -0.2) is 32.6 Å². The van der Waals surface area contributed by atoms with Crippen LogP contribution in [0.5, 0.6) is 0 Å². The summed E-state index contributed by atoms with van der Waals surface area (Å²) in [5.74, 6) is 0.309. The lowest BCUT2D eigenvalue weighted by molar-refractivity contribution is 0.275. The average Bonchev–Trinajstić information content (AvgIpc) is 2.82. The fraction of sp³-hybridized carbons (Fsp3) is 0.167. The molecule has 108 valence electrons. The summed E-state index contributed by atoms with van der Waals surface area (Å²) < 4.78 is 16.7. The number of aromatic nitrogens is 2. The van der Waals surface area contributed by atoms with Crippen LogP contribution in [0, 0.1) is 0 Å². The van der Waals surface area contributed by atoms with Crippen molar-refractivity contribution in [3.05, 3.63) is 35.0 Å². The lowest BCUT2D eigenvalue weighted by Gasteiger charge is -2.08. The van der Waals surface area contributed by atoms with Gasteiger partial charge in [0.25, 0.3) is 0 Å². The van der Waals surface area contributed by atoms with Crippen molar-refractivity contribution in [1.29, 1.82) is 0 Å². The van der Waals surface area contributed by atoms with E-state index in [4.69, 9.17) is 16.3 Å². The van der Waals surface area contributed by atoms with Crippen molar-refractivity contribution in [1.82, 2.24) is 9.97 Å². The maximum atomic E-state index is 11.5. The van der Waals surface area contributed by atoms with Gasteiger partial charge in [0.1, 0.15) is 0 Å². The maximum absolute atomic E-state index is 11.5. The number of nitrogens with zero attached hydrogens (tertiary/aromatic N) is 2. The molecule has 6 nitrogen and oxygen atoms in total. The molecule has 0 aliphatic carbocycles. The van der Waals surface area contributed by atoms with Gasteiger partial charge in [0.2, 0.25) is 5.95 Å². The number of anilines is 2. The third kappa shape index (κ3) is 2.93. The van der Waals surface area contributed by atoms with Crippen molar-refractivity contribution >= 4 is 46.6 Å². The van der Waals surface area contributed by atoms with Crippen molar-refractivity contribution < 1.29 is 13.9 Å². The van der Waals surface area contributed by atoms with Crippen molar-refractivity contribution in [3.8, 4) is 0 Å². The molecule has 2 aromatic rings. The number of benzene rings is 1. The van der Waals surface area contributed by atoms with Crippen LogP contribution in [0.2, 0.25) is 5.02 Å². The summed E-state index contributed by atoms with van der Waals surface area (Å²) in [6.07, 6.45) is 2.92. The largest absolute Gasteiger partial charge is 0.491 e. The Morgan fingerprint density at radius 1 is 1.52 bits per heavy atom. The van der Waals surface area contributed by atoms with E-state index in [1.54, 1.807) is 12.1 Å². The second kappa shape index (κ2) is 5.72. The second-order valence-electron chi connectivity index (χ2n) is 4.50. The fourth-order valence-electron chi connectivity index (χ4n) is 2.05. The van der Waals surface area contributed by atoms with Crippen LogP contribution < -0.4 is 10.8 Å². The third-order valence-corrected chi connectivity index (χ3v) is 4.29. The van der Waals surface area contributed by atoms with Crippen LogP contribution in [0.25, 0.3) is 0 Å². The molecule has 0 saturated carbocycles. The van der Waals surface area contributed by atoms with Crippen LogP contribution in [0.1, 0.15) is 5.56 Å². The first-order chi connectivity index (χ1) is 10.0. The minimum absolute atomic E-state index is 0.270. The smallest absolute Gasteiger partial charge is 0.423 e. The number of hydrogen-bond acceptors (Lipinski definition) is 6. The molecule has 1 aliphatic heterocycles. The SMILES string of the molecule is CS(=O)c1nc(Nc2ccc3c(c2)COB3O)ncc1Cl. The van der Waals surface area contributed by atoms with Gasteiger partial charge in [-0.15, -0.1) is 0 Å². The molecular formula is C12H11BClN3O3S. The molecule has 21 heavy (non-hydrogen) atoms. The van der Waals surface area contributed by atoms with Crippen molar-refractivity contribution in [3.63, 3.8) is 0 Å². The molecule has 1 atom stereocenters. The molecule has 1 aliphatic rings. The van der Waals surface area contributed by atoms with Crippen LogP contribution in [0.3, 0.4) is 0 Å². The molecule has 0 spiro atoms. The molecule has 1 unspecified atom stereocenters. The van der Waals surface area contributed by atoms with Crippen LogP contribution in [0.4, 0.5) is 11.6 Å². The fourth-order valence-corrected chi connectivity index (χ4v) is 3.01. The number of nitrogens with one attached hydrogen (secondary N) is 1. The van der Waals surface area contributed by atoms with Crippen LogP contribution >= 0.6 is 11.6 Å². The predicted octanol–water partition coefficient (Wildman–Crippen LogP) is 0.829. The molecule has 9 heteroatoms. The topological polar surface area (TPSA) is 84.3 Å². The van der Waals surface area contributed by atoms with Gasteiger partial charge >= 0.3 is 7.12 Å². The molecule has 1 aromatic carbocycles. The quantitative estimate of drug-likeness (QED) is 0.643. The summed E-state index contributed by atoms with van der Waals surface area (Å²) in [5.41, 5.74) is 2.41. The van der Waals surface area contributed by atoms with Crippen LogP contribution in [0.15, 0.2) is 29.4 Å². The Morgan fingerprint density at radius 3 is 3.10 bits per heavy atom. The maximum Gasteiger partial charge on any atom is 0.491 e. The standard InChI is InChI=1S/C12H11BClN3O3S/c1-21(19)11-10(14)5-15-12(17-11)16-8-2-3-9-7(4-8)6-20-13(9)18/h2-5,18H,6H2,1H3,(H,15,16,17). The van der Waals surface area contributed by atoms with Crippen molar-refractivity contribution in [2.75, 3.05) is 11.6 Å². The molecule has 2 N–H and O–H groups in total. The summed E-state index contributed by atoms with van der Waals surface area (Å²) in [5, 5.41) is 13.1. The van der Waals surface area contributed by atoms with E-state index in [2.05, 4.69) is 15.3 Å². The van der Waals surface area contributed by atoms with Gasteiger partial charge in [0.15, 0.2) is 5.03 Å². The normalized spacial score (nSPS) is 14.9. The average molecular weight is 324 g/mol. The molecule has 0 radical (unpaired) electrons. The molecule has 0 amide bonds. The van der Waals surface area contributed by atoms with E-state index in [1.807, 2.05) is 6.07 Å². The van der Waals surface area contributed by atoms with Crippen molar-refractivity contribution in [2.24, 2.45) is 0 Å². The van der Waals surface area contributed by atoms with E-state index in [0.717, 1.165) is 16.7 Å². The Hall–Kier alpha value is -1.48. The highest BCUT2D eigenvalue weighted by atomic mass is 35.5. The minimum Gasteiger partial charge on any atom is -0.423 e. The molecule has 1 aromatic heterocycles. The highest BCUT2D eigenvalue weighted by molar-refractivity contribution is 7.84. The van der Waals surface area contributed by atoms with E-state index in [-0.39, 0.29) is 10.0 Å². The summed E-state index contributed by atoms with van der Waals surface area (Å²) in [4.78, 5) is 8.20. The lowest BCUT2D eigenvalue weighted by Crippen LogP contribution is -2.27. The molecule has 0 fully saturated rings. The summed E-state index contributed by atoms with van der Waals surface area (Å²) in [7, 11) is -2.16. The van der Waals surface area contributed by atoms with Gasteiger partial charge in [-0.3, -0.25) is 4.21 Å². The third-order valence-electron chi connectivity index (χ3n) is 3.05. The highest BCUT2D eigenvalue weighted by Gasteiger charge is 2.27. The molecule has 3 rings (SSSR count). The van der Waals surface area contributed by atoms with Crippen LogP contribution in [-0.2, 0) is 22.1 Å². The summed E-state index contributed by atoms with van der Waals surface area (Å²) in [6, 6.07) is 5.42. The number of halogens is 1. The van der Waals surface area contributed by atoms with Gasteiger partial charge in [0.05, 0.1) is 28.6 Å². The van der Waals surface area contributed by atoms with Gasteiger partial charge in [-0.25, -0.2) is 9.97 Å². The Labute approximate surface area is 129 Å². The first-order valence-electron chi connectivity index (χ1n) is 6.10. The molecule has 0 saturated heterocycles. The summed E-state index contributed by atoms with van der Waals surface area (Å²) in [6.45, 7) is 0.359. The molecule has 0 bridgehead atoms. The van der Waals surface area contributed by atoms with Gasteiger partial charge in [-0.2, -0.15) is 0 Å². The predicted molar refractivity (Wildman–Crippen MR) is 81.5 cm³/mol. The zero-order chi connectivity index (χ0) is 15.0. The van der Waals surface area contributed by atoms with Gasteiger partial charge in [-0.1, -0.05) is 17.7 Å². The molecular weight excluding hydrogens is 312 g/mol. The Kier molecular flexibility index (Phi) is 3.94. The summed E-state index contributed by atoms with van der Waals surface area (Å²) >= 11 is 5.90. The van der Waals surface area contributed by atoms with Crippen molar-refractivity contribution in [2.45, 2.75) is 11.6 Å². The Balaban J connectivity index is 1.87. The number of rotatable bonds is 3. The molecule has 2 heterocycles. The zero-order valence-corrected chi connectivity index (χ0v) is 12.6. The highest BCUT2D eigenvalue weighted by Crippen LogP contribution is 2.21. The van der Waals surface area contributed by atoms with Gasteiger partial charge < -0.3 is 15.0 Å². The van der Waals surface area contributed by atoms with E-state index in [9.17, 15) is 9.23 Å². The Bertz CT molecular complexity index is 731. The second-order valence-corrected chi connectivity index (χ2v) is 6.20. The monoisotopic (exact) mass is 323 g/mol. The number of fused-ring (bicyclic) bond motifs is 1. The first kappa shape index (κ1) is 14.5. The Morgan fingerprint density at radius 2 is 2.33 bits per heavy atom.